The van der Waals surface area contributed by atoms with Gasteiger partial charge >= 0.3 is 11.0 Å². The number of halogens is 6. The van der Waals surface area contributed by atoms with E-state index in [1.807, 2.05) is 0 Å². The zero-order chi connectivity index (χ0) is 21.4. The summed E-state index contributed by atoms with van der Waals surface area (Å²) in [6.45, 7) is 5.61. The van der Waals surface area contributed by atoms with Gasteiger partial charge in [0.25, 0.3) is 0 Å². The number of aliphatic hydroxyl groups is 1. The zero-order valence-electron chi connectivity index (χ0n) is 14.0. The number of rotatable bonds is 8. The first-order valence-corrected chi connectivity index (χ1v) is 9.58. The van der Waals surface area contributed by atoms with Crippen molar-refractivity contribution in [2.45, 2.75) is 17.9 Å². The molecule has 0 unspecified atom stereocenters. The molecule has 0 aromatic carbocycles. The van der Waals surface area contributed by atoms with Gasteiger partial charge in [-0.3, -0.25) is 0 Å². The van der Waals surface area contributed by atoms with Crippen LogP contribution in [0.5, 0.6) is 0 Å². The molecule has 0 aromatic heterocycles. The molecule has 0 aliphatic heterocycles. The summed E-state index contributed by atoms with van der Waals surface area (Å²) in [5.41, 5.74) is -12.4. The van der Waals surface area contributed by atoms with Gasteiger partial charge in [0.1, 0.15) is 6.54 Å². The molecule has 16 heteroatoms. The molecule has 0 bridgehead atoms. The number of hydrogen-bond donors (Lipinski definition) is 1. The van der Waals surface area contributed by atoms with Crippen molar-refractivity contribution in [3.63, 3.8) is 0 Å². The third-order valence-corrected chi connectivity index (χ3v) is 5.45. The molecular formula is C10H20F6N2O6S2. The summed E-state index contributed by atoms with van der Waals surface area (Å²) in [5, 5.41) is 8.42. The second kappa shape index (κ2) is 10.0. The Balaban J connectivity index is 0. The van der Waals surface area contributed by atoms with Crippen molar-refractivity contribution in [3.8, 4) is 0 Å². The third-order valence-electron chi connectivity index (χ3n) is 2.71. The molecule has 1 N–H and O–H groups in total. The van der Waals surface area contributed by atoms with E-state index in [4.69, 9.17) is 9.84 Å². The van der Waals surface area contributed by atoms with Gasteiger partial charge in [-0.25, -0.2) is 16.8 Å². The second-order valence-corrected chi connectivity index (χ2v) is 8.65. The maximum absolute atomic E-state index is 11.4. The minimum atomic E-state index is -6.72. The van der Waals surface area contributed by atoms with Crippen LogP contribution >= 0.6 is 0 Å². The average molecular weight is 442 g/mol. The van der Waals surface area contributed by atoms with Crippen molar-refractivity contribution in [2.75, 3.05) is 47.0 Å². The molecule has 0 atom stereocenters. The summed E-state index contributed by atoms with van der Waals surface area (Å²) < 4.78 is 115. The third kappa shape index (κ3) is 10.5. The van der Waals surface area contributed by atoms with Crippen LogP contribution < -0.4 is 0 Å². The lowest BCUT2D eigenvalue weighted by atomic mass is 10.4. The summed E-state index contributed by atoms with van der Waals surface area (Å²) in [7, 11) is -9.11. The van der Waals surface area contributed by atoms with Crippen LogP contribution in [0.15, 0.2) is 0 Å². The molecule has 8 nitrogen and oxygen atoms in total. The number of likely N-dealkylation sites (N-methyl/N-ethyl adjacent to an activating group) is 1. The normalized spacial score (nSPS) is 13.9. The number of sulfonamides is 2. The van der Waals surface area contributed by atoms with E-state index >= 15 is 0 Å². The van der Waals surface area contributed by atoms with E-state index in [2.05, 4.69) is 21.0 Å². The highest BCUT2D eigenvalue weighted by molar-refractivity contribution is 8.13. The summed E-state index contributed by atoms with van der Waals surface area (Å²) in [6.07, 6.45) is 0. The van der Waals surface area contributed by atoms with Crippen LogP contribution in [-0.4, -0.2) is 84.4 Å². The number of alkyl halides is 6. The van der Waals surface area contributed by atoms with Crippen molar-refractivity contribution < 1.29 is 57.5 Å². The minimum Gasteiger partial charge on any atom is -0.421 e. The van der Waals surface area contributed by atoms with E-state index in [1.165, 1.54) is 0 Å². The largest absolute Gasteiger partial charge is 0.480 e. The van der Waals surface area contributed by atoms with Gasteiger partial charge in [0.15, 0.2) is 20.0 Å². The standard InChI is InChI=1S/C8H20NO2.C2F6NO4S2/c1-4-9(2,3)5-7-11-8-6-10;3-1(4,5)14(10,11)9-15(12,13)2(6,7)8/h10H,4-8H2,1-3H3;/q+1;-1. The van der Waals surface area contributed by atoms with E-state index in [1.54, 1.807) is 0 Å². The fourth-order valence-corrected chi connectivity index (χ4v) is 2.56. The summed E-state index contributed by atoms with van der Waals surface area (Å²) >= 11 is 0. The van der Waals surface area contributed by atoms with Gasteiger partial charge in [-0.15, -0.1) is 0 Å². The molecule has 0 amide bonds. The molecule has 26 heavy (non-hydrogen) atoms. The SMILES string of the molecule is CC[N+](C)(C)CCOCCO.O=S(=O)([N-]S(=O)(=O)C(F)(F)F)C(F)(F)F. The monoisotopic (exact) mass is 442 g/mol. The molecule has 0 radical (unpaired) electrons. The molecule has 0 saturated carbocycles. The predicted octanol–water partition coefficient (Wildman–Crippen LogP) is 1.15. The van der Waals surface area contributed by atoms with E-state index < -0.39 is 31.1 Å². The van der Waals surface area contributed by atoms with Gasteiger partial charge in [0.2, 0.25) is 0 Å². The van der Waals surface area contributed by atoms with Crippen molar-refractivity contribution in [1.82, 2.24) is 0 Å². The summed E-state index contributed by atoms with van der Waals surface area (Å²) in [5.74, 6) is 0. The van der Waals surface area contributed by atoms with E-state index in [0.717, 1.165) is 28.3 Å². The van der Waals surface area contributed by atoms with Crippen LogP contribution in [0.4, 0.5) is 26.3 Å². The fraction of sp³-hybridized carbons (Fsp3) is 1.00. The minimum absolute atomic E-state index is 0.125. The van der Waals surface area contributed by atoms with Crippen molar-refractivity contribution in [1.29, 1.82) is 0 Å². The van der Waals surface area contributed by atoms with Crippen molar-refractivity contribution >= 4 is 20.0 Å². The summed E-state index contributed by atoms with van der Waals surface area (Å²) in [6, 6.07) is 0. The Bertz CT molecular complexity index is 573. The zero-order valence-corrected chi connectivity index (χ0v) is 15.6. The first-order valence-electron chi connectivity index (χ1n) is 6.70. The van der Waals surface area contributed by atoms with Crippen LogP contribution in [0, 0.1) is 0 Å². The van der Waals surface area contributed by atoms with Gasteiger partial charge in [0, 0.05) is 0 Å². The molecule has 160 valence electrons. The molecule has 0 aliphatic rings. The Morgan fingerprint density at radius 1 is 0.923 bits per heavy atom. The molecule has 0 heterocycles. The van der Waals surface area contributed by atoms with Crippen LogP contribution in [-0.2, 0) is 24.8 Å². The highest BCUT2D eigenvalue weighted by Gasteiger charge is 2.46. The average Bonchev–Trinajstić information content (AvgIpc) is 2.41. The molecule has 0 aromatic rings. The lowest BCUT2D eigenvalue weighted by Gasteiger charge is -2.27. The van der Waals surface area contributed by atoms with Crippen LogP contribution in [0.25, 0.3) is 4.13 Å². The molecule has 0 aliphatic carbocycles. The predicted molar refractivity (Wildman–Crippen MR) is 78.7 cm³/mol. The topological polar surface area (TPSA) is 112 Å². The quantitative estimate of drug-likeness (QED) is 0.343. The van der Waals surface area contributed by atoms with Crippen LogP contribution in [0.1, 0.15) is 6.92 Å². The molecular weight excluding hydrogens is 422 g/mol. The summed E-state index contributed by atoms with van der Waals surface area (Å²) in [4.78, 5) is 0. The van der Waals surface area contributed by atoms with E-state index in [9.17, 15) is 43.2 Å². The first kappa shape index (κ1) is 27.5. The van der Waals surface area contributed by atoms with E-state index in [-0.39, 0.29) is 6.61 Å². The van der Waals surface area contributed by atoms with Crippen LogP contribution in [0.2, 0.25) is 0 Å². The molecule has 0 rings (SSSR count). The fourth-order valence-electron chi connectivity index (χ4n) is 0.850. The smallest absolute Gasteiger partial charge is 0.421 e. The maximum Gasteiger partial charge on any atom is 0.480 e. The van der Waals surface area contributed by atoms with Crippen molar-refractivity contribution in [3.05, 3.63) is 4.13 Å². The number of quaternary nitrogens is 1. The number of nitrogens with zero attached hydrogens (tertiary/aromatic N) is 2. The number of hydrogen-bond acceptors (Lipinski definition) is 6. The Morgan fingerprint density at radius 2 is 1.31 bits per heavy atom. The van der Waals surface area contributed by atoms with Gasteiger partial charge in [-0.1, -0.05) is 0 Å². The lowest BCUT2D eigenvalue weighted by Crippen LogP contribution is -2.42. The van der Waals surface area contributed by atoms with Gasteiger partial charge < -0.3 is 18.5 Å². The molecule has 0 fully saturated rings. The van der Waals surface area contributed by atoms with Gasteiger partial charge in [-0.05, 0) is 6.92 Å². The van der Waals surface area contributed by atoms with Crippen molar-refractivity contribution in [2.24, 2.45) is 0 Å². The van der Waals surface area contributed by atoms with Gasteiger partial charge in [-0.2, -0.15) is 26.3 Å². The first-order chi connectivity index (χ1) is 11.3. The molecule has 0 saturated heterocycles. The molecule has 0 spiro atoms. The Labute approximate surface area is 147 Å². The highest BCUT2D eigenvalue weighted by Crippen LogP contribution is 2.36. The number of aliphatic hydroxyl groups excluding tert-OH is 1. The Morgan fingerprint density at radius 3 is 1.58 bits per heavy atom. The Hall–Kier alpha value is -0.680. The van der Waals surface area contributed by atoms with Gasteiger partial charge in [0.05, 0.1) is 40.5 Å². The van der Waals surface area contributed by atoms with E-state index in [0.29, 0.717) is 6.61 Å². The Kier molecular flexibility index (Phi) is 10.6. The highest BCUT2D eigenvalue weighted by atomic mass is 32.3. The lowest BCUT2D eigenvalue weighted by molar-refractivity contribution is -0.888. The second-order valence-electron chi connectivity index (χ2n) is 5.23. The number of ether oxygens (including phenoxy) is 1. The maximum atomic E-state index is 11.4. The van der Waals surface area contributed by atoms with Crippen LogP contribution in [0.3, 0.4) is 0 Å².